The summed E-state index contributed by atoms with van der Waals surface area (Å²) in [5, 5.41) is 32.4. The maximum absolute atomic E-state index is 11.0. The number of hydrogen-bond donors (Lipinski definition) is 2. The summed E-state index contributed by atoms with van der Waals surface area (Å²) in [5.41, 5.74) is 1.77. The molecule has 1 fully saturated rings. The molecule has 2 N–H and O–H groups in total. The summed E-state index contributed by atoms with van der Waals surface area (Å²) < 4.78 is 0. The van der Waals surface area contributed by atoms with E-state index in [0.717, 1.165) is 12.8 Å². The van der Waals surface area contributed by atoms with Crippen molar-refractivity contribution in [3.8, 4) is 11.3 Å². The first-order valence-corrected chi connectivity index (χ1v) is 9.91. The molecule has 0 saturated heterocycles. The first-order chi connectivity index (χ1) is 13.0. The fraction of sp³-hybridized carbons (Fsp3) is 0.368. The number of thiazole rings is 1. The highest BCUT2D eigenvalue weighted by Crippen LogP contribution is 2.35. The fourth-order valence-corrected chi connectivity index (χ4v) is 4.72. The third-order valence-electron chi connectivity index (χ3n) is 5.22. The Morgan fingerprint density at radius 1 is 1.30 bits per heavy atom. The number of nitro benzene ring substituents is 1. The van der Waals surface area contributed by atoms with Crippen molar-refractivity contribution in [3.05, 3.63) is 50.5 Å². The molecule has 1 aliphatic carbocycles. The second kappa shape index (κ2) is 7.11. The Morgan fingerprint density at radius 3 is 2.81 bits per heavy atom. The van der Waals surface area contributed by atoms with Crippen LogP contribution in [-0.2, 0) is 0 Å². The molecule has 0 atom stereocenters. The Kier molecular flexibility index (Phi) is 4.65. The summed E-state index contributed by atoms with van der Waals surface area (Å²) in [5.74, 6) is 0.518. The molecule has 140 valence electrons. The Labute approximate surface area is 160 Å². The quantitative estimate of drug-likeness (QED) is 0.592. The van der Waals surface area contributed by atoms with Crippen LogP contribution in [0.3, 0.4) is 0 Å². The van der Waals surface area contributed by atoms with Gasteiger partial charge in [-0.15, -0.1) is 11.3 Å². The van der Waals surface area contributed by atoms with Gasteiger partial charge in [0.05, 0.1) is 22.7 Å². The SMILES string of the molecule is N=C1C(c2nc(-c3cccc([N+](=O)[O-])c3)cs2)=C(O)CN1C1CCCCC1. The molecule has 1 aromatic heterocycles. The van der Waals surface area contributed by atoms with Crippen molar-refractivity contribution < 1.29 is 10.0 Å². The van der Waals surface area contributed by atoms with E-state index in [9.17, 15) is 15.2 Å². The fourth-order valence-electron chi connectivity index (χ4n) is 3.83. The van der Waals surface area contributed by atoms with E-state index in [-0.39, 0.29) is 11.4 Å². The molecule has 8 heteroatoms. The smallest absolute Gasteiger partial charge is 0.270 e. The number of amidine groups is 1. The van der Waals surface area contributed by atoms with Crippen LogP contribution in [0.15, 0.2) is 35.4 Å². The van der Waals surface area contributed by atoms with E-state index in [2.05, 4.69) is 4.98 Å². The number of aliphatic hydroxyl groups excluding tert-OH is 1. The monoisotopic (exact) mass is 384 g/mol. The summed E-state index contributed by atoms with van der Waals surface area (Å²) in [4.78, 5) is 17.1. The van der Waals surface area contributed by atoms with Crippen LogP contribution in [0.25, 0.3) is 16.8 Å². The Hall–Kier alpha value is -2.74. The van der Waals surface area contributed by atoms with Crippen molar-refractivity contribution >= 4 is 28.4 Å². The molecule has 7 nitrogen and oxygen atoms in total. The zero-order valence-electron chi connectivity index (χ0n) is 14.7. The number of hydrogen-bond acceptors (Lipinski definition) is 6. The lowest BCUT2D eigenvalue weighted by atomic mass is 9.94. The van der Waals surface area contributed by atoms with Gasteiger partial charge in [-0.3, -0.25) is 15.5 Å². The third-order valence-corrected chi connectivity index (χ3v) is 6.08. The van der Waals surface area contributed by atoms with Crippen molar-refractivity contribution in [2.75, 3.05) is 6.54 Å². The van der Waals surface area contributed by atoms with Crippen molar-refractivity contribution in [1.82, 2.24) is 9.88 Å². The number of rotatable bonds is 4. The Bertz CT molecular complexity index is 931. The second-order valence-corrected chi connectivity index (χ2v) is 7.79. The number of nitro groups is 1. The number of non-ortho nitro benzene ring substituents is 1. The van der Waals surface area contributed by atoms with Gasteiger partial charge in [-0.05, 0) is 12.8 Å². The van der Waals surface area contributed by atoms with Gasteiger partial charge in [-0.2, -0.15) is 0 Å². The zero-order chi connectivity index (χ0) is 19.0. The highest BCUT2D eigenvalue weighted by Gasteiger charge is 2.34. The van der Waals surface area contributed by atoms with Gasteiger partial charge in [-0.25, -0.2) is 4.98 Å². The maximum atomic E-state index is 11.0. The number of benzene rings is 1. The van der Waals surface area contributed by atoms with Crippen LogP contribution in [0.2, 0.25) is 0 Å². The Morgan fingerprint density at radius 2 is 2.07 bits per heavy atom. The van der Waals surface area contributed by atoms with E-state index in [4.69, 9.17) is 5.41 Å². The third kappa shape index (κ3) is 3.32. The molecular formula is C19H20N4O3S. The molecule has 0 bridgehead atoms. The standard InChI is InChI=1S/C19H20N4O3S/c20-18-17(16(24)10-22(18)13-6-2-1-3-7-13)19-21-15(11-27-19)12-5-4-8-14(9-12)23(25)26/h4-5,8-9,11,13,20,24H,1-3,6-7,10H2. The molecule has 0 spiro atoms. The highest BCUT2D eigenvalue weighted by molar-refractivity contribution is 7.11. The van der Waals surface area contributed by atoms with Gasteiger partial charge in [0.15, 0.2) is 0 Å². The normalized spacial score (nSPS) is 18.4. The predicted molar refractivity (Wildman–Crippen MR) is 105 cm³/mol. The van der Waals surface area contributed by atoms with Gasteiger partial charge in [0.2, 0.25) is 0 Å². The average molecular weight is 384 g/mol. The summed E-state index contributed by atoms with van der Waals surface area (Å²) >= 11 is 1.35. The van der Waals surface area contributed by atoms with Gasteiger partial charge in [0.1, 0.15) is 16.6 Å². The maximum Gasteiger partial charge on any atom is 0.270 e. The van der Waals surface area contributed by atoms with Crippen LogP contribution in [0, 0.1) is 15.5 Å². The molecular weight excluding hydrogens is 364 g/mol. The van der Waals surface area contributed by atoms with Gasteiger partial charge in [-0.1, -0.05) is 31.4 Å². The Balaban J connectivity index is 1.59. The molecule has 0 amide bonds. The molecule has 2 heterocycles. The topological polar surface area (TPSA) is 103 Å². The molecule has 0 unspecified atom stereocenters. The zero-order valence-corrected chi connectivity index (χ0v) is 15.5. The van der Waals surface area contributed by atoms with E-state index in [1.807, 2.05) is 10.3 Å². The van der Waals surface area contributed by atoms with E-state index in [0.29, 0.717) is 40.3 Å². The number of nitrogens with zero attached hydrogens (tertiary/aromatic N) is 3. The van der Waals surface area contributed by atoms with E-state index in [1.54, 1.807) is 12.1 Å². The predicted octanol–water partition coefficient (Wildman–Crippen LogP) is 4.61. The van der Waals surface area contributed by atoms with Crippen LogP contribution in [0.4, 0.5) is 5.69 Å². The lowest BCUT2D eigenvalue weighted by Crippen LogP contribution is -2.38. The first kappa shape index (κ1) is 17.7. The van der Waals surface area contributed by atoms with Crippen molar-refractivity contribution in [2.24, 2.45) is 0 Å². The molecule has 2 aromatic rings. The minimum atomic E-state index is -0.431. The van der Waals surface area contributed by atoms with Crippen molar-refractivity contribution in [3.63, 3.8) is 0 Å². The van der Waals surface area contributed by atoms with E-state index >= 15 is 0 Å². The minimum absolute atomic E-state index is 0.0150. The number of aromatic nitrogens is 1. The summed E-state index contributed by atoms with van der Waals surface area (Å²) in [6, 6.07) is 6.64. The lowest BCUT2D eigenvalue weighted by molar-refractivity contribution is -0.384. The molecule has 2 aliphatic rings. The van der Waals surface area contributed by atoms with Crippen LogP contribution >= 0.6 is 11.3 Å². The molecule has 1 aromatic carbocycles. The molecule has 27 heavy (non-hydrogen) atoms. The van der Waals surface area contributed by atoms with Gasteiger partial charge in [0, 0.05) is 29.1 Å². The average Bonchev–Trinajstić information content (AvgIpc) is 3.27. The largest absolute Gasteiger partial charge is 0.510 e. The van der Waals surface area contributed by atoms with Crippen LogP contribution in [0.5, 0.6) is 0 Å². The van der Waals surface area contributed by atoms with Crippen LogP contribution in [-0.4, -0.2) is 38.3 Å². The van der Waals surface area contributed by atoms with Gasteiger partial charge in [0.25, 0.3) is 5.69 Å². The van der Waals surface area contributed by atoms with Crippen molar-refractivity contribution in [2.45, 2.75) is 38.1 Å². The summed E-state index contributed by atoms with van der Waals surface area (Å²) in [6.07, 6.45) is 5.68. The molecule has 1 saturated carbocycles. The van der Waals surface area contributed by atoms with Gasteiger partial charge < -0.3 is 10.0 Å². The number of aliphatic hydroxyl groups is 1. The molecule has 4 rings (SSSR count). The van der Waals surface area contributed by atoms with E-state index < -0.39 is 4.92 Å². The van der Waals surface area contributed by atoms with Crippen LogP contribution < -0.4 is 0 Å². The van der Waals surface area contributed by atoms with Crippen LogP contribution in [0.1, 0.15) is 37.1 Å². The molecule has 1 aliphatic heterocycles. The summed E-state index contributed by atoms with van der Waals surface area (Å²) in [6.45, 7) is 0.366. The van der Waals surface area contributed by atoms with Gasteiger partial charge >= 0.3 is 0 Å². The second-order valence-electron chi connectivity index (χ2n) is 6.94. The highest BCUT2D eigenvalue weighted by atomic mass is 32.1. The minimum Gasteiger partial charge on any atom is -0.510 e. The molecule has 0 radical (unpaired) electrons. The first-order valence-electron chi connectivity index (χ1n) is 9.03. The van der Waals surface area contributed by atoms with Crippen molar-refractivity contribution in [1.29, 1.82) is 5.41 Å². The van der Waals surface area contributed by atoms with E-state index in [1.165, 1.54) is 42.7 Å². The number of nitrogens with one attached hydrogen (secondary N) is 1. The summed E-state index contributed by atoms with van der Waals surface area (Å²) in [7, 11) is 0. The lowest BCUT2D eigenvalue weighted by Gasteiger charge is -2.32.